The normalized spacial score (nSPS) is 10.2. The van der Waals surface area contributed by atoms with Crippen LogP contribution in [0.25, 0.3) is 0 Å². The van der Waals surface area contributed by atoms with Crippen LogP contribution in [0.3, 0.4) is 0 Å². The van der Waals surface area contributed by atoms with Crippen molar-refractivity contribution in [1.29, 1.82) is 0 Å². The third-order valence-electron chi connectivity index (χ3n) is 3.11. The van der Waals surface area contributed by atoms with Crippen LogP contribution in [0.5, 0.6) is 11.5 Å². The Morgan fingerprint density at radius 3 is 2.50 bits per heavy atom. The van der Waals surface area contributed by atoms with Gasteiger partial charge in [-0.15, -0.1) is 0 Å². The molecule has 0 radical (unpaired) electrons. The van der Waals surface area contributed by atoms with E-state index in [0.717, 1.165) is 17.1 Å². The summed E-state index contributed by atoms with van der Waals surface area (Å²) >= 11 is 0. The number of hydrogen-bond acceptors (Lipinski definition) is 3. The average molecular weight is 270 g/mol. The SMILES string of the molecule is Cc1cccc(Oc2ccc(NC(=O)CN)cc2)c1C. The van der Waals surface area contributed by atoms with Crippen LogP contribution in [0.1, 0.15) is 11.1 Å². The predicted molar refractivity (Wildman–Crippen MR) is 80.1 cm³/mol. The quantitative estimate of drug-likeness (QED) is 0.897. The molecular weight excluding hydrogens is 252 g/mol. The Morgan fingerprint density at radius 2 is 1.85 bits per heavy atom. The van der Waals surface area contributed by atoms with E-state index in [2.05, 4.69) is 5.32 Å². The van der Waals surface area contributed by atoms with Gasteiger partial charge in [-0.25, -0.2) is 0 Å². The zero-order valence-electron chi connectivity index (χ0n) is 11.6. The van der Waals surface area contributed by atoms with Gasteiger partial charge >= 0.3 is 0 Å². The number of amides is 1. The highest BCUT2D eigenvalue weighted by Crippen LogP contribution is 2.27. The first-order chi connectivity index (χ1) is 9.60. The molecular formula is C16H18N2O2. The van der Waals surface area contributed by atoms with E-state index in [9.17, 15) is 4.79 Å². The number of anilines is 1. The minimum Gasteiger partial charge on any atom is -0.457 e. The molecule has 0 aliphatic carbocycles. The highest BCUT2D eigenvalue weighted by molar-refractivity contribution is 5.92. The number of nitrogens with one attached hydrogen (secondary N) is 1. The molecule has 0 atom stereocenters. The number of carbonyl (C=O) groups excluding carboxylic acids is 1. The molecule has 0 saturated heterocycles. The average Bonchev–Trinajstić information content (AvgIpc) is 2.46. The van der Waals surface area contributed by atoms with Crippen molar-refractivity contribution in [1.82, 2.24) is 0 Å². The lowest BCUT2D eigenvalue weighted by molar-refractivity contribution is -0.114. The fourth-order valence-corrected chi connectivity index (χ4v) is 1.78. The summed E-state index contributed by atoms with van der Waals surface area (Å²) in [6.07, 6.45) is 0. The highest BCUT2D eigenvalue weighted by Gasteiger charge is 2.04. The third kappa shape index (κ3) is 3.36. The topological polar surface area (TPSA) is 64.3 Å². The molecule has 0 aromatic heterocycles. The Balaban J connectivity index is 2.11. The van der Waals surface area contributed by atoms with E-state index in [1.165, 1.54) is 5.56 Å². The largest absolute Gasteiger partial charge is 0.457 e. The number of aryl methyl sites for hydroxylation is 1. The molecule has 0 saturated carbocycles. The Kier molecular flexibility index (Phi) is 4.38. The van der Waals surface area contributed by atoms with Crippen LogP contribution in [-0.2, 0) is 4.79 Å². The summed E-state index contributed by atoms with van der Waals surface area (Å²) in [7, 11) is 0. The molecule has 2 aromatic rings. The summed E-state index contributed by atoms with van der Waals surface area (Å²) < 4.78 is 5.84. The zero-order chi connectivity index (χ0) is 14.5. The molecule has 20 heavy (non-hydrogen) atoms. The minimum absolute atomic E-state index is 0.0270. The van der Waals surface area contributed by atoms with Crippen molar-refractivity contribution in [2.45, 2.75) is 13.8 Å². The van der Waals surface area contributed by atoms with Gasteiger partial charge in [0.15, 0.2) is 0 Å². The first-order valence-corrected chi connectivity index (χ1v) is 6.44. The molecule has 2 rings (SSSR count). The molecule has 4 nitrogen and oxygen atoms in total. The highest BCUT2D eigenvalue weighted by atomic mass is 16.5. The van der Waals surface area contributed by atoms with Gasteiger partial charge in [0.05, 0.1) is 6.54 Å². The number of carbonyl (C=O) groups is 1. The van der Waals surface area contributed by atoms with Crippen LogP contribution in [0.15, 0.2) is 42.5 Å². The first-order valence-electron chi connectivity index (χ1n) is 6.44. The minimum atomic E-state index is -0.215. The lowest BCUT2D eigenvalue weighted by Crippen LogP contribution is -2.21. The van der Waals surface area contributed by atoms with Gasteiger partial charge in [-0.05, 0) is 55.3 Å². The van der Waals surface area contributed by atoms with E-state index in [4.69, 9.17) is 10.5 Å². The van der Waals surface area contributed by atoms with Crippen molar-refractivity contribution in [3.8, 4) is 11.5 Å². The van der Waals surface area contributed by atoms with Gasteiger partial charge in [-0.2, -0.15) is 0 Å². The maximum Gasteiger partial charge on any atom is 0.238 e. The van der Waals surface area contributed by atoms with Crippen LogP contribution in [0, 0.1) is 13.8 Å². The van der Waals surface area contributed by atoms with Crippen molar-refractivity contribution in [2.24, 2.45) is 5.73 Å². The molecule has 1 amide bonds. The molecule has 0 aliphatic rings. The first kappa shape index (κ1) is 14.1. The van der Waals surface area contributed by atoms with E-state index in [-0.39, 0.29) is 12.5 Å². The monoisotopic (exact) mass is 270 g/mol. The predicted octanol–water partition coefficient (Wildman–Crippen LogP) is 2.99. The van der Waals surface area contributed by atoms with Crippen molar-refractivity contribution < 1.29 is 9.53 Å². The van der Waals surface area contributed by atoms with Gasteiger partial charge < -0.3 is 15.8 Å². The van der Waals surface area contributed by atoms with Crippen molar-refractivity contribution in [3.63, 3.8) is 0 Å². The van der Waals surface area contributed by atoms with Crippen LogP contribution in [0.2, 0.25) is 0 Å². The maximum atomic E-state index is 11.2. The number of nitrogens with two attached hydrogens (primary N) is 1. The van der Waals surface area contributed by atoms with Gasteiger partial charge in [0.1, 0.15) is 11.5 Å². The number of hydrogen-bond donors (Lipinski definition) is 2. The summed E-state index contributed by atoms with van der Waals surface area (Å²) in [6.45, 7) is 4.05. The third-order valence-corrected chi connectivity index (χ3v) is 3.11. The molecule has 0 spiro atoms. The second-order valence-electron chi connectivity index (χ2n) is 4.58. The number of ether oxygens (including phenoxy) is 1. The molecule has 3 N–H and O–H groups in total. The van der Waals surface area contributed by atoms with E-state index in [1.807, 2.05) is 44.2 Å². The molecule has 0 unspecified atom stereocenters. The Hall–Kier alpha value is -2.33. The van der Waals surface area contributed by atoms with E-state index in [1.54, 1.807) is 12.1 Å². The van der Waals surface area contributed by atoms with Crippen molar-refractivity contribution in [3.05, 3.63) is 53.6 Å². The van der Waals surface area contributed by atoms with Crippen molar-refractivity contribution >= 4 is 11.6 Å². The van der Waals surface area contributed by atoms with Gasteiger partial charge in [0.25, 0.3) is 0 Å². The Bertz CT molecular complexity index is 606. The number of rotatable bonds is 4. The van der Waals surface area contributed by atoms with Gasteiger partial charge in [0, 0.05) is 5.69 Å². The van der Waals surface area contributed by atoms with E-state index in [0.29, 0.717) is 5.69 Å². The Labute approximate surface area is 118 Å². The fourth-order valence-electron chi connectivity index (χ4n) is 1.78. The zero-order valence-corrected chi connectivity index (χ0v) is 11.6. The molecule has 104 valence electrons. The van der Waals surface area contributed by atoms with Gasteiger partial charge in [0.2, 0.25) is 5.91 Å². The molecule has 0 fully saturated rings. The van der Waals surface area contributed by atoms with Crippen LogP contribution in [-0.4, -0.2) is 12.5 Å². The van der Waals surface area contributed by atoms with E-state index < -0.39 is 0 Å². The molecule has 4 heteroatoms. The molecule has 2 aromatic carbocycles. The molecule has 0 heterocycles. The lowest BCUT2D eigenvalue weighted by Gasteiger charge is -2.11. The Morgan fingerprint density at radius 1 is 1.15 bits per heavy atom. The summed E-state index contributed by atoms with van der Waals surface area (Å²) in [4.78, 5) is 11.2. The second-order valence-corrected chi connectivity index (χ2v) is 4.58. The summed E-state index contributed by atoms with van der Waals surface area (Å²) in [5, 5.41) is 2.68. The fraction of sp³-hybridized carbons (Fsp3) is 0.188. The summed E-state index contributed by atoms with van der Waals surface area (Å²) in [5.74, 6) is 1.35. The van der Waals surface area contributed by atoms with Gasteiger partial charge in [-0.3, -0.25) is 4.79 Å². The standard InChI is InChI=1S/C16H18N2O2/c1-11-4-3-5-15(12(11)2)20-14-8-6-13(7-9-14)18-16(19)10-17/h3-9H,10,17H2,1-2H3,(H,18,19). The van der Waals surface area contributed by atoms with Crippen LogP contribution in [0.4, 0.5) is 5.69 Å². The smallest absolute Gasteiger partial charge is 0.238 e. The summed E-state index contributed by atoms with van der Waals surface area (Å²) in [6, 6.07) is 13.2. The van der Waals surface area contributed by atoms with Gasteiger partial charge in [-0.1, -0.05) is 12.1 Å². The molecule has 0 bridgehead atoms. The second kappa shape index (κ2) is 6.21. The lowest BCUT2D eigenvalue weighted by atomic mass is 10.1. The summed E-state index contributed by atoms with van der Waals surface area (Å²) in [5.41, 5.74) is 8.26. The maximum absolute atomic E-state index is 11.2. The van der Waals surface area contributed by atoms with Crippen molar-refractivity contribution in [2.75, 3.05) is 11.9 Å². The van der Waals surface area contributed by atoms with Crippen LogP contribution < -0.4 is 15.8 Å². The number of benzene rings is 2. The molecule has 0 aliphatic heterocycles. The van der Waals surface area contributed by atoms with Crippen LogP contribution >= 0.6 is 0 Å². The van der Waals surface area contributed by atoms with E-state index >= 15 is 0 Å².